The van der Waals surface area contributed by atoms with Crippen LogP contribution < -0.4 is 5.73 Å². The highest BCUT2D eigenvalue weighted by Crippen LogP contribution is 2.38. The fourth-order valence-electron chi connectivity index (χ4n) is 2.38. The zero-order valence-corrected chi connectivity index (χ0v) is 9.72. The monoisotopic (exact) mass is 227 g/mol. The Morgan fingerprint density at radius 2 is 2.00 bits per heavy atom. The van der Waals surface area contributed by atoms with Crippen LogP contribution in [0.2, 0.25) is 0 Å². The minimum absolute atomic E-state index is 0.0306. The van der Waals surface area contributed by atoms with Gasteiger partial charge in [0.25, 0.3) is 8.05 Å². The second kappa shape index (κ2) is 4.62. The van der Waals surface area contributed by atoms with E-state index in [-0.39, 0.29) is 24.4 Å². The van der Waals surface area contributed by atoms with Crippen molar-refractivity contribution in [2.45, 2.75) is 50.4 Å². The molecule has 1 aliphatic heterocycles. The lowest BCUT2D eigenvalue weighted by Crippen LogP contribution is -2.35. The fourth-order valence-corrected chi connectivity index (χ4v) is 2.38. The minimum Gasteiger partial charge on any atom is -0.445 e. The summed E-state index contributed by atoms with van der Waals surface area (Å²) in [6.45, 7) is 4.59. The van der Waals surface area contributed by atoms with Gasteiger partial charge in [-0.15, -0.1) is 0 Å². The Balaban J connectivity index is 1.91. The van der Waals surface area contributed by atoms with E-state index in [9.17, 15) is 0 Å². The predicted octanol–water partition coefficient (Wildman–Crippen LogP) is -0.277. The first-order chi connectivity index (χ1) is 7.53. The second-order valence-electron chi connectivity index (χ2n) is 4.74. The number of rotatable bonds is 4. The van der Waals surface area contributed by atoms with Crippen LogP contribution in [-0.2, 0) is 18.9 Å². The van der Waals surface area contributed by atoms with Crippen molar-refractivity contribution in [3.05, 3.63) is 0 Å². The predicted molar refractivity (Wildman–Crippen MR) is 57.9 cm³/mol. The molecule has 16 heavy (non-hydrogen) atoms. The van der Waals surface area contributed by atoms with Crippen molar-refractivity contribution in [1.82, 2.24) is 0 Å². The molecule has 0 bridgehead atoms. The van der Waals surface area contributed by atoms with Crippen LogP contribution in [0.5, 0.6) is 0 Å². The molecule has 1 saturated carbocycles. The number of hydrogen-bond donors (Lipinski definition) is 1. The third kappa shape index (κ3) is 2.41. The third-order valence-corrected chi connectivity index (χ3v) is 2.99. The Labute approximate surface area is 97.0 Å². The molecule has 1 aliphatic carbocycles. The molecule has 0 spiro atoms. The molecule has 90 valence electrons. The van der Waals surface area contributed by atoms with Crippen LogP contribution >= 0.6 is 0 Å². The molecular weight excluding hydrogens is 209 g/mol. The first kappa shape index (κ1) is 12.3. The highest BCUT2D eigenvalue weighted by atomic mass is 16.8. The maximum Gasteiger partial charge on any atom is 0.282 e. The van der Waals surface area contributed by atoms with Crippen LogP contribution in [0.1, 0.15) is 20.3 Å². The largest absolute Gasteiger partial charge is 0.445 e. The van der Waals surface area contributed by atoms with Crippen LogP contribution in [0, 0.1) is 0 Å². The first-order valence-corrected chi connectivity index (χ1v) is 5.58. The molecule has 0 aromatic carbocycles. The van der Waals surface area contributed by atoms with E-state index < -0.39 is 5.79 Å². The molecule has 6 heteroatoms. The summed E-state index contributed by atoms with van der Waals surface area (Å²) >= 11 is 0. The van der Waals surface area contributed by atoms with Gasteiger partial charge in [-0.2, -0.15) is 0 Å². The molecule has 0 aromatic rings. The van der Waals surface area contributed by atoms with Crippen LogP contribution in [-0.4, -0.2) is 51.4 Å². The van der Waals surface area contributed by atoms with Crippen LogP contribution in [0.3, 0.4) is 0 Å². The third-order valence-electron chi connectivity index (χ3n) is 2.99. The average molecular weight is 227 g/mol. The van der Waals surface area contributed by atoms with E-state index in [2.05, 4.69) is 4.65 Å². The molecule has 2 radical (unpaired) electrons. The van der Waals surface area contributed by atoms with Crippen molar-refractivity contribution in [2.24, 2.45) is 5.73 Å². The lowest BCUT2D eigenvalue weighted by Gasteiger charge is -2.22. The topological polar surface area (TPSA) is 62.9 Å². The van der Waals surface area contributed by atoms with Gasteiger partial charge in [0.15, 0.2) is 5.79 Å². The van der Waals surface area contributed by atoms with E-state index in [0.29, 0.717) is 13.2 Å². The average Bonchev–Trinajstić information content (AvgIpc) is 2.64. The number of nitrogens with two attached hydrogens (primary N) is 1. The van der Waals surface area contributed by atoms with Crippen molar-refractivity contribution in [1.29, 1.82) is 0 Å². The minimum atomic E-state index is -0.570. The SMILES string of the molecule is [B]OCCO[C@H]1C[C@@H](N)[C@@H]2OC(C)(C)O[C@@H]21. The van der Waals surface area contributed by atoms with Gasteiger partial charge in [-0.1, -0.05) is 0 Å². The molecule has 2 aliphatic rings. The lowest BCUT2D eigenvalue weighted by molar-refractivity contribution is -0.168. The van der Waals surface area contributed by atoms with Gasteiger partial charge in [-0.3, -0.25) is 0 Å². The summed E-state index contributed by atoms with van der Waals surface area (Å²) < 4.78 is 21.6. The Morgan fingerprint density at radius 3 is 2.69 bits per heavy atom. The van der Waals surface area contributed by atoms with E-state index in [1.807, 2.05) is 13.8 Å². The fraction of sp³-hybridized carbons (Fsp3) is 1.00. The van der Waals surface area contributed by atoms with Crippen LogP contribution in [0.4, 0.5) is 0 Å². The number of fused-ring (bicyclic) bond motifs is 1. The van der Waals surface area contributed by atoms with Gasteiger partial charge >= 0.3 is 0 Å². The molecule has 5 nitrogen and oxygen atoms in total. The quantitative estimate of drug-likeness (QED) is 0.528. The molecular formula is C10H18BNO4. The van der Waals surface area contributed by atoms with E-state index >= 15 is 0 Å². The number of hydrogen-bond acceptors (Lipinski definition) is 5. The van der Waals surface area contributed by atoms with Crippen LogP contribution in [0.25, 0.3) is 0 Å². The van der Waals surface area contributed by atoms with Gasteiger partial charge in [0.1, 0.15) is 12.2 Å². The zero-order chi connectivity index (χ0) is 11.8. The Bertz CT molecular complexity index is 251. The zero-order valence-electron chi connectivity index (χ0n) is 9.72. The van der Waals surface area contributed by atoms with E-state index in [0.717, 1.165) is 6.42 Å². The molecule has 0 aromatic heterocycles. The molecule has 2 fully saturated rings. The Kier molecular flexibility index (Phi) is 3.56. The van der Waals surface area contributed by atoms with Crippen molar-refractivity contribution in [3.8, 4) is 0 Å². The molecule has 0 amide bonds. The summed E-state index contributed by atoms with van der Waals surface area (Å²) in [4.78, 5) is 0. The summed E-state index contributed by atoms with van der Waals surface area (Å²) in [5.74, 6) is -0.570. The smallest absolute Gasteiger partial charge is 0.282 e. The van der Waals surface area contributed by atoms with Crippen LogP contribution in [0.15, 0.2) is 0 Å². The highest BCUT2D eigenvalue weighted by Gasteiger charge is 2.53. The molecule has 0 unspecified atom stereocenters. The molecule has 4 atom stereocenters. The van der Waals surface area contributed by atoms with Gasteiger partial charge in [0.2, 0.25) is 0 Å². The summed E-state index contributed by atoms with van der Waals surface area (Å²) in [7, 11) is 4.93. The summed E-state index contributed by atoms with van der Waals surface area (Å²) in [5, 5.41) is 0. The first-order valence-electron chi connectivity index (χ1n) is 5.58. The standard InChI is InChI=1S/C10H18BNO4/c1-10(2)15-8-6(12)5-7(9(8)16-10)13-3-4-14-11/h6-9H,3-5,12H2,1-2H3/t6-,7+,8+,9-/m1/s1. The van der Waals surface area contributed by atoms with Gasteiger partial charge in [0, 0.05) is 6.04 Å². The second-order valence-corrected chi connectivity index (χ2v) is 4.74. The Morgan fingerprint density at radius 1 is 1.31 bits per heavy atom. The van der Waals surface area contributed by atoms with E-state index in [4.69, 9.17) is 28.0 Å². The van der Waals surface area contributed by atoms with Gasteiger partial charge < -0.3 is 24.6 Å². The van der Waals surface area contributed by atoms with Gasteiger partial charge in [-0.05, 0) is 20.3 Å². The summed E-state index contributed by atoms with van der Waals surface area (Å²) in [6.07, 6.45) is 0.564. The normalized spacial score (nSPS) is 41.2. The van der Waals surface area contributed by atoms with Crippen molar-refractivity contribution < 1.29 is 18.9 Å². The molecule has 1 saturated heterocycles. The van der Waals surface area contributed by atoms with Crippen molar-refractivity contribution >= 4 is 8.05 Å². The van der Waals surface area contributed by atoms with Gasteiger partial charge in [0.05, 0.1) is 19.3 Å². The Hall–Kier alpha value is -0.135. The summed E-state index contributed by atoms with van der Waals surface area (Å²) in [5.41, 5.74) is 5.99. The lowest BCUT2D eigenvalue weighted by atomic mass is 10.2. The van der Waals surface area contributed by atoms with E-state index in [1.54, 1.807) is 0 Å². The van der Waals surface area contributed by atoms with Crippen molar-refractivity contribution in [2.75, 3.05) is 13.2 Å². The molecule has 2 N–H and O–H groups in total. The highest BCUT2D eigenvalue weighted by molar-refractivity contribution is 5.97. The number of ether oxygens (including phenoxy) is 3. The maximum absolute atomic E-state index is 5.99. The van der Waals surface area contributed by atoms with Crippen molar-refractivity contribution in [3.63, 3.8) is 0 Å². The molecule has 1 heterocycles. The van der Waals surface area contributed by atoms with E-state index in [1.165, 1.54) is 0 Å². The van der Waals surface area contributed by atoms with Gasteiger partial charge in [-0.25, -0.2) is 0 Å². The molecule has 2 rings (SSSR count). The summed E-state index contributed by atoms with van der Waals surface area (Å²) in [6, 6.07) is -0.0319. The maximum atomic E-state index is 5.99.